The molecule has 0 fully saturated rings. The molecule has 0 spiro atoms. The number of esters is 1. The smallest absolute Gasteiger partial charge is 0.321 e. The Morgan fingerprint density at radius 2 is 1.69 bits per heavy atom. The normalized spacial score (nSPS) is 17.1. The van der Waals surface area contributed by atoms with Gasteiger partial charge >= 0.3 is 5.97 Å². The minimum Gasteiger partial charge on any atom is -0.493 e. The molecule has 36 heavy (non-hydrogen) atoms. The molecule has 0 unspecified atom stereocenters. The number of carbonyl (C=O) groups excluding carboxylic acids is 2. The summed E-state index contributed by atoms with van der Waals surface area (Å²) in [6.07, 6.45) is 0. The number of nitrogens with zero attached hydrogens (tertiary/aromatic N) is 3. The van der Waals surface area contributed by atoms with Gasteiger partial charge in [-0.1, -0.05) is 54.6 Å². The average Bonchev–Trinajstić information content (AvgIpc) is 3.29. The number of fused-ring (bicyclic) bond motifs is 3. The Hall–Kier alpha value is -4.33. The lowest BCUT2D eigenvalue weighted by Gasteiger charge is -2.38. The van der Waals surface area contributed by atoms with Crippen molar-refractivity contribution in [1.29, 1.82) is 0 Å². The highest BCUT2D eigenvalue weighted by molar-refractivity contribution is 6.08. The van der Waals surface area contributed by atoms with Gasteiger partial charge < -0.3 is 18.8 Å². The Kier molecular flexibility index (Phi) is 6.33. The Morgan fingerprint density at radius 3 is 2.42 bits per heavy atom. The lowest BCUT2D eigenvalue weighted by atomic mass is 9.88. The predicted molar refractivity (Wildman–Crippen MR) is 135 cm³/mol. The van der Waals surface area contributed by atoms with Crippen molar-refractivity contribution < 1.29 is 23.8 Å². The molecule has 4 aromatic rings. The van der Waals surface area contributed by atoms with Gasteiger partial charge in [-0.3, -0.25) is 14.5 Å². The molecule has 0 radical (unpaired) electrons. The summed E-state index contributed by atoms with van der Waals surface area (Å²) >= 11 is 0. The summed E-state index contributed by atoms with van der Waals surface area (Å²) in [4.78, 5) is 34.0. The number of amides is 1. The molecular formula is C28H27N3O5. The summed E-state index contributed by atoms with van der Waals surface area (Å²) in [6, 6.07) is 22.0. The number of rotatable bonds is 7. The van der Waals surface area contributed by atoms with Gasteiger partial charge in [0.1, 0.15) is 0 Å². The molecule has 184 valence electrons. The molecule has 3 aromatic carbocycles. The molecule has 8 heteroatoms. The Bertz CT molecular complexity index is 1420. The van der Waals surface area contributed by atoms with Crippen molar-refractivity contribution in [2.75, 3.05) is 25.7 Å². The molecule has 5 rings (SSSR count). The van der Waals surface area contributed by atoms with Crippen LogP contribution in [0.1, 0.15) is 24.1 Å². The minimum absolute atomic E-state index is 0.154. The van der Waals surface area contributed by atoms with Gasteiger partial charge in [0, 0.05) is 5.56 Å². The number of hydrogen-bond acceptors (Lipinski definition) is 6. The first kappa shape index (κ1) is 23.4. The van der Waals surface area contributed by atoms with Crippen LogP contribution in [0.3, 0.4) is 0 Å². The maximum atomic E-state index is 14.1. The number of aromatic nitrogens is 2. The summed E-state index contributed by atoms with van der Waals surface area (Å²) in [5.41, 5.74) is 3.06. The zero-order valence-corrected chi connectivity index (χ0v) is 20.4. The van der Waals surface area contributed by atoms with E-state index < -0.39 is 17.9 Å². The van der Waals surface area contributed by atoms with E-state index >= 15 is 0 Å². The zero-order chi connectivity index (χ0) is 25.2. The first-order chi connectivity index (χ1) is 17.6. The van der Waals surface area contributed by atoms with Gasteiger partial charge in [0.25, 0.3) is 0 Å². The van der Waals surface area contributed by atoms with E-state index in [2.05, 4.69) is 0 Å². The van der Waals surface area contributed by atoms with Crippen molar-refractivity contribution in [2.24, 2.45) is 5.92 Å². The number of ether oxygens (including phenoxy) is 3. The van der Waals surface area contributed by atoms with Crippen LogP contribution in [-0.4, -0.2) is 42.3 Å². The number of anilines is 1. The number of hydrogen-bond donors (Lipinski definition) is 0. The van der Waals surface area contributed by atoms with E-state index in [-0.39, 0.29) is 19.1 Å². The fraction of sp³-hybridized carbons (Fsp3) is 0.250. The topological polar surface area (TPSA) is 82.9 Å². The van der Waals surface area contributed by atoms with Crippen LogP contribution >= 0.6 is 0 Å². The highest BCUT2D eigenvalue weighted by Gasteiger charge is 2.49. The number of benzene rings is 3. The highest BCUT2D eigenvalue weighted by Crippen LogP contribution is 2.46. The standard InChI is InChI=1S/C28H27N3O5/c1-4-36-27(33)23-24(19-13-10-16-22(34-2)25(19)35-3)31-21-15-9-8-14-20(21)29-28(31)30(26(23)32)17-18-11-6-5-7-12-18/h5-16,23-24H,4,17H2,1-3H3/t23-,24+/m0/s1. The fourth-order valence-corrected chi connectivity index (χ4v) is 4.89. The Balaban J connectivity index is 1.79. The van der Waals surface area contributed by atoms with Gasteiger partial charge in [-0.25, -0.2) is 4.98 Å². The predicted octanol–water partition coefficient (Wildman–Crippen LogP) is 4.37. The van der Waals surface area contributed by atoms with E-state index in [0.29, 0.717) is 23.0 Å². The van der Waals surface area contributed by atoms with Gasteiger partial charge in [-0.2, -0.15) is 0 Å². The van der Waals surface area contributed by atoms with E-state index in [9.17, 15) is 9.59 Å². The molecule has 1 aliphatic rings. The van der Waals surface area contributed by atoms with Gasteiger partial charge in [0.05, 0.1) is 44.4 Å². The van der Waals surface area contributed by atoms with Crippen LogP contribution in [0.2, 0.25) is 0 Å². The van der Waals surface area contributed by atoms with E-state index in [1.54, 1.807) is 32.1 Å². The van der Waals surface area contributed by atoms with Crippen LogP contribution < -0.4 is 14.4 Å². The first-order valence-electron chi connectivity index (χ1n) is 11.8. The molecule has 2 heterocycles. The van der Waals surface area contributed by atoms with E-state index in [4.69, 9.17) is 19.2 Å². The summed E-state index contributed by atoms with van der Waals surface area (Å²) in [5, 5.41) is 0. The molecule has 0 saturated heterocycles. The Morgan fingerprint density at radius 1 is 0.944 bits per heavy atom. The van der Waals surface area contributed by atoms with Crippen LogP contribution in [0.5, 0.6) is 11.5 Å². The maximum Gasteiger partial charge on any atom is 0.321 e. The first-order valence-corrected chi connectivity index (χ1v) is 11.8. The molecule has 0 saturated carbocycles. The number of para-hydroxylation sites is 3. The van der Waals surface area contributed by atoms with Gasteiger partial charge in [-0.05, 0) is 30.7 Å². The lowest BCUT2D eigenvalue weighted by molar-refractivity contribution is -0.153. The maximum absolute atomic E-state index is 14.1. The minimum atomic E-state index is -1.15. The average molecular weight is 486 g/mol. The van der Waals surface area contributed by atoms with Gasteiger partial charge in [-0.15, -0.1) is 0 Å². The third kappa shape index (κ3) is 3.84. The van der Waals surface area contributed by atoms with Crippen LogP contribution in [0.15, 0.2) is 72.8 Å². The van der Waals surface area contributed by atoms with Crippen molar-refractivity contribution in [3.8, 4) is 11.5 Å². The van der Waals surface area contributed by atoms with Crippen molar-refractivity contribution in [3.63, 3.8) is 0 Å². The van der Waals surface area contributed by atoms with E-state index in [0.717, 1.165) is 16.6 Å². The van der Waals surface area contributed by atoms with E-state index in [1.807, 2.05) is 71.3 Å². The molecule has 1 aliphatic heterocycles. The molecule has 1 aromatic heterocycles. The third-order valence-corrected chi connectivity index (χ3v) is 6.42. The lowest BCUT2D eigenvalue weighted by Crippen LogP contribution is -2.49. The van der Waals surface area contributed by atoms with Crippen molar-refractivity contribution >= 4 is 28.9 Å². The van der Waals surface area contributed by atoms with Crippen LogP contribution in [0, 0.1) is 5.92 Å². The summed E-state index contributed by atoms with van der Waals surface area (Å²) in [7, 11) is 3.09. The SMILES string of the molecule is CCOC(=O)[C@@H]1C(=O)N(Cc2ccccc2)c2nc3ccccc3n2[C@@H]1c1cccc(OC)c1OC. The second-order valence-corrected chi connectivity index (χ2v) is 8.44. The fourth-order valence-electron chi connectivity index (χ4n) is 4.89. The summed E-state index contributed by atoms with van der Waals surface area (Å²) in [6.45, 7) is 2.15. The van der Waals surface area contributed by atoms with Gasteiger partial charge in [0.15, 0.2) is 17.4 Å². The molecule has 0 bridgehead atoms. The molecule has 1 amide bonds. The summed E-state index contributed by atoms with van der Waals surface area (Å²) < 4.78 is 18.7. The zero-order valence-electron chi connectivity index (χ0n) is 20.4. The monoisotopic (exact) mass is 485 g/mol. The van der Waals surface area contributed by atoms with Crippen LogP contribution in [0.25, 0.3) is 11.0 Å². The molecule has 0 aliphatic carbocycles. The highest BCUT2D eigenvalue weighted by atomic mass is 16.5. The number of methoxy groups -OCH3 is 2. The second kappa shape index (κ2) is 9.73. The van der Waals surface area contributed by atoms with Crippen LogP contribution in [0.4, 0.5) is 5.95 Å². The second-order valence-electron chi connectivity index (χ2n) is 8.44. The van der Waals surface area contributed by atoms with Crippen molar-refractivity contribution in [1.82, 2.24) is 9.55 Å². The van der Waals surface area contributed by atoms with Crippen LogP contribution in [-0.2, 0) is 20.9 Å². The largest absolute Gasteiger partial charge is 0.493 e. The number of imidazole rings is 1. The van der Waals surface area contributed by atoms with Crippen molar-refractivity contribution in [2.45, 2.75) is 19.5 Å². The molecular weight excluding hydrogens is 458 g/mol. The molecule has 0 N–H and O–H groups in total. The van der Waals surface area contributed by atoms with Gasteiger partial charge in [0.2, 0.25) is 11.9 Å². The number of carbonyl (C=O) groups is 2. The van der Waals surface area contributed by atoms with E-state index in [1.165, 1.54) is 0 Å². The third-order valence-electron chi connectivity index (χ3n) is 6.42. The Labute approximate surface area is 209 Å². The quantitative estimate of drug-likeness (QED) is 0.286. The van der Waals surface area contributed by atoms with Crippen molar-refractivity contribution in [3.05, 3.63) is 83.9 Å². The molecule has 8 nitrogen and oxygen atoms in total. The molecule has 2 atom stereocenters. The summed E-state index contributed by atoms with van der Waals surface area (Å²) in [5.74, 6) is -0.718.